The van der Waals surface area contributed by atoms with Crippen molar-refractivity contribution in [1.82, 2.24) is 5.43 Å². The molecule has 0 heterocycles. The van der Waals surface area contributed by atoms with Gasteiger partial charge in [-0.3, -0.25) is 11.3 Å². The molecule has 0 bridgehead atoms. The molecule has 2 rings (SSSR count). The molecule has 0 aromatic heterocycles. The first-order chi connectivity index (χ1) is 9.51. The number of hydrogen-bond acceptors (Lipinski definition) is 2. The summed E-state index contributed by atoms with van der Waals surface area (Å²) in [6, 6.07) is 10.2. The molecule has 2 nitrogen and oxygen atoms in total. The van der Waals surface area contributed by atoms with Gasteiger partial charge in [-0.1, -0.05) is 39.7 Å². The van der Waals surface area contributed by atoms with Crippen LogP contribution in [0.1, 0.15) is 17.2 Å². The van der Waals surface area contributed by atoms with E-state index in [9.17, 15) is 4.39 Å². The summed E-state index contributed by atoms with van der Waals surface area (Å²) < 4.78 is 14.6. The fraction of sp³-hybridized carbons (Fsp3) is 0.143. The van der Waals surface area contributed by atoms with Crippen LogP contribution >= 0.6 is 43.5 Å². The Morgan fingerprint density at radius 1 is 1.15 bits per heavy atom. The van der Waals surface area contributed by atoms with Crippen LogP contribution in [0, 0.1) is 5.82 Å². The van der Waals surface area contributed by atoms with Gasteiger partial charge in [0.05, 0.1) is 11.1 Å². The van der Waals surface area contributed by atoms with E-state index in [1.807, 2.05) is 18.2 Å². The summed E-state index contributed by atoms with van der Waals surface area (Å²) >= 11 is 12.7. The Morgan fingerprint density at radius 3 is 2.50 bits per heavy atom. The first kappa shape index (κ1) is 15.9. The topological polar surface area (TPSA) is 38.0 Å². The molecular weight excluding hydrogens is 410 g/mol. The molecule has 1 atom stereocenters. The van der Waals surface area contributed by atoms with Gasteiger partial charge in [0.2, 0.25) is 0 Å². The van der Waals surface area contributed by atoms with E-state index in [1.165, 1.54) is 12.1 Å². The molecule has 0 radical (unpaired) electrons. The lowest BCUT2D eigenvalue weighted by molar-refractivity contribution is 0.549. The zero-order valence-electron chi connectivity index (χ0n) is 10.3. The summed E-state index contributed by atoms with van der Waals surface area (Å²) in [5, 5.41) is 0.646. The zero-order valence-corrected chi connectivity index (χ0v) is 14.3. The third-order valence-electron chi connectivity index (χ3n) is 2.99. The van der Waals surface area contributed by atoms with Gasteiger partial charge in [-0.05, 0) is 57.7 Å². The summed E-state index contributed by atoms with van der Waals surface area (Å²) in [5.41, 5.74) is 4.75. The van der Waals surface area contributed by atoms with E-state index >= 15 is 0 Å². The highest BCUT2D eigenvalue weighted by Crippen LogP contribution is 2.29. The lowest BCUT2D eigenvalue weighted by Crippen LogP contribution is -2.29. The second-order valence-corrected chi connectivity index (χ2v) is 6.45. The summed E-state index contributed by atoms with van der Waals surface area (Å²) in [5.74, 6) is 5.36. The highest BCUT2D eigenvalue weighted by molar-refractivity contribution is 9.10. The average Bonchev–Trinajstić information content (AvgIpc) is 2.41. The number of nitrogens with two attached hydrogens (primary N) is 1. The molecule has 0 aliphatic rings. The molecular formula is C14H12Br2ClFN2. The SMILES string of the molecule is NNC(Cc1ccc(F)cc1Br)c1ccc(Cl)c(Br)c1. The Balaban J connectivity index is 2.26. The molecule has 0 saturated heterocycles. The number of hydrazine groups is 1. The number of rotatable bonds is 4. The third-order valence-corrected chi connectivity index (χ3v) is 4.94. The van der Waals surface area contributed by atoms with Crippen molar-refractivity contribution in [2.24, 2.45) is 5.84 Å². The van der Waals surface area contributed by atoms with Crippen molar-refractivity contribution in [3.05, 3.63) is 67.3 Å². The third kappa shape index (κ3) is 3.80. The zero-order chi connectivity index (χ0) is 14.7. The Kier molecular flexibility index (Phi) is 5.57. The Labute approximate surface area is 138 Å². The van der Waals surface area contributed by atoms with Crippen LogP contribution < -0.4 is 11.3 Å². The van der Waals surface area contributed by atoms with Crippen LogP contribution in [0.25, 0.3) is 0 Å². The van der Waals surface area contributed by atoms with Gasteiger partial charge in [-0.15, -0.1) is 0 Å². The van der Waals surface area contributed by atoms with Crippen LogP contribution in [-0.4, -0.2) is 0 Å². The smallest absolute Gasteiger partial charge is 0.124 e. The highest BCUT2D eigenvalue weighted by atomic mass is 79.9. The Morgan fingerprint density at radius 2 is 1.90 bits per heavy atom. The second kappa shape index (κ2) is 7.00. The van der Waals surface area contributed by atoms with Crippen molar-refractivity contribution in [3.63, 3.8) is 0 Å². The van der Waals surface area contributed by atoms with Crippen LogP contribution in [0.3, 0.4) is 0 Å². The van der Waals surface area contributed by atoms with E-state index in [0.717, 1.165) is 20.1 Å². The van der Waals surface area contributed by atoms with Crippen molar-refractivity contribution < 1.29 is 4.39 Å². The number of hydrogen-bond donors (Lipinski definition) is 2. The van der Waals surface area contributed by atoms with Crippen molar-refractivity contribution in [2.75, 3.05) is 0 Å². The fourth-order valence-electron chi connectivity index (χ4n) is 1.91. The lowest BCUT2D eigenvalue weighted by atomic mass is 9.99. The summed E-state index contributed by atoms with van der Waals surface area (Å²) in [7, 11) is 0. The largest absolute Gasteiger partial charge is 0.271 e. The second-order valence-electron chi connectivity index (χ2n) is 4.33. The van der Waals surface area contributed by atoms with E-state index in [0.29, 0.717) is 11.4 Å². The van der Waals surface area contributed by atoms with Gasteiger partial charge in [0.25, 0.3) is 0 Å². The highest BCUT2D eigenvalue weighted by Gasteiger charge is 2.14. The molecule has 0 aliphatic carbocycles. The normalized spacial score (nSPS) is 12.4. The molecule has 0 amide bonds. The number of benzene rings is 2. The maximum atomic E-state index is 13.1. The first-order valence-electron chi connectivity index (χ1n) is 5.86. The molecule has 0 fully saturated rings. The maximum Gasteiger partial charge on any atom is 0.124 e. The molecule has 6 heteroatoms. The molecule has 20 heavy (non-hydrogen) atoms. The minimum Gasteiger partial charge on any atom is -0.271 e. The fourth-order valence-corrected chi connectivity index (χ4v) is 2.94. The van der Waals surface area contributed by atoms with Crippen molar-refractivity contribution >= 4 is 43.5 Å². The quantitative estimate of drug-likeness (QED) is 0.551. The summed E-state index contributed by atoms with van der Waals surface area (Å²) in [6.07, 6.45) is 0.630. The molecule has 0 spiro atoms. The first-order valence-corrected chi connectivity index (χ1v) is 7.82. The van der Waals surface area contributed by atoms with E-state index in [4.69, 9.17) is 17.4 Å². The number of nitrogens with one attached hydrogen (secondary N) is 1. The van der Waals surface area contributed by atoms with Crippen molar-refractivity contribution in [3.8, 4) is 0 Å². The number of halogens is 4. The van der Waals surface area contributed by atoms with E-state index in [-0.39, 0.29) is 11.9 Å². The van der Waals surface area contributed by atoms with Crippen molar-refractivity contribution in [2.45, 2.75) is 12.5 Å². The predicted molar refractivity (Wildman–Crippen MR) is 87.0 cm³/mol. The van der Waals surface area contributed by atoms with Crippen LogP contribution in [0.5, 0.6) is 0 Å². The molecule has 0 saturated carbocycles. The van der Waals surface area contributed by atoms with Crippen LogP contribution in [0.4, 0.5) is 4.39 Å². The van der Waals surface area contributed by atoms with Gasteiger partial charge in [0, 0.05) is 8.95 Å². The molecule has 1 unspecified atom stereocenters. The molecule has 2 aromatic carbocycles. The van der Waals surface area contributed by atoms with E-state index in [2.05, 4.69) is 37.3 Å². The van der Waals surface area contributed by atoms with Crippen LogP contribution in [0.15, 0.2) is 45.3 Å². The van der Waals surface area contributed by atoms with Crippen molar-refractivity contribution in [1.29, 1.82) is 0 Å². The van der Waals surface area contributed by atoms with Crippen LogP contribution in [0.2, 0.25) is 5.02 Å². The minimum absolute atomic E-state index is 0.0923. The molecule has 2 aromatic rings. The standard InChI is InChI=1S/C14H12Br2ClFN2/c15-11-7-10(18)3-1-8(11)6-14(20-19)9-2-4-13(17)12(16)5-9/h1-5,7,14,20H,6,19H2. The maximum absolute atomic E-state index is 13.1. The predicted octanol–water partition coefficient (Wildman–Crippen LogP) is 4.75. The monoisotopic (exact) mass is 420 g/mol. The van der Waals surface area contributed by atoms with Gasteiger partial charge in [-0.2, -0.15) is 0 Å². The van der Waals surface area contributed by atoms with Gasteiger partial charge < -0.3 is 0 Å². The lowest BCUT2D eigenvalue weighted by Gasteiger charge is -2.18. The van der Waals surface area contributed by atoms with Crippen LogP contribution in [-0.2, 0) is 6.42 Å². The minimum atomic E-state index is -0.271. The molecule has 0 aliphatic heterocycles. The Hall–Kier alpha value is -0.460. The van der Waals surface area contributed by atoms with E-state index in [1.54, 1.807) is 6.07 Å². The average molecular weight is 423 g/mol. The summed E-state index contributed by atoms with van der Waals surface area (Å²) in [6.45, 7) is 0. The molecule has 3 N–H and O–H groups in total. The van der Waals surface area contributed by atoms with E-state index < -0.39 is 0 Å². The van der Waals surface area contributed by atoms with Gasteiger partial charge in [0.15, 0.2) is 0 Å². The van der Waals surface area contributed by atoms with Gasteiger partial charge >= 0.3 is 0 Å². The van der Waals surface area contributed by atoms with Gasteiger partial charge in [-0.25, -0.2) is 4.39 Å². The summed E-state index contributed by atoms with van der Waals surface area (Å²) in [4.78, 5) is 0. The Bertz CT molecular complexity index is 622. The van der Waals surface area contributed by atoms with Gasteiger partial charge in [0.1, 0.15) is 5.82 Å². The molecule has 106 valence electrons.